The summed E-state index contributed by atoms with van der Waals surface area (Å²) in [5, 5.41) is 1.20. The molecule has 0 unspecified atom stereocenters. The highest BCUT2D eigenvalue weighted by molar-refractivity contribution is 7.19. The first kappa shape index (κ1) is 8.38. The fraction of sp³-hybridized carbons (Fsp3) is 0.200. The maximum atomic E-state index is 4.11. The van der Waals surface area contributed by atoms with E-state index in [0.29, 0.717) is 0 Å². The van der Waals surface area contributed by atoms with E-state index >= 15 is 0 Å². The predicted molar refractivity (Wildman–Crippen MR) is 57.9 cm³/mol. The van der Waals surface area contributed by atoms with Crippen molar-refractivity contribution in [3.05, 3.63) is 28.9 Å². The van der Waals surface area contributed by atoms with Gasteiger partial charge in [0, 0.05) is 46.2 Å². The van der Waals surface area contributed by atoms with Gasteiger partial charge in [-0.3, -0.25) is 9.98 Å². The average Bonchev–Trinajstić information content (AvgIpc) is 2.44. The molecule has 0 aliphatic rings. The summed E-state index contributed by atoms with van der Waals surface area (Å²) in [4.78, 5) is 9.46. The Kier molecular flexibility index (Phi) is 2.10. The van der Waals surface area contributed by atoms with Gasteiger partial charge in [0.2, 0.25) is 0 Å². The highest BCUT2D eigenvalue weighted by atomic mass is 32.1. The quantitative estimate of drug-likeness (QED) is 0.635. The number of aryl methyl sites for hydroxylation is 1. The third-order valence-corrected chi connectivity index (χ3v) is 3.07. The van der Waals surface area contributed by atoms with Crippen LogP contribution >= 0.6 is 11.3 Å². The summed E-state index contributed by atoms with van der Waals surface area (Å²) in [6, 6.07) is 2.04. The topological polar surface area (TPSA) is 25.2 Å². The van der Waals surface area contributed by atoms with Gasteiger partial charge in [-0.1, -0.05) is 0 Å². The van der Waals surface area contributed by atoms with Crippen LogP contribution in [0.1, 0.15) is 10.4 Å². The molecular weight excluding hydrogens is 180 g/mol. The highest BCUT2D eigenvalue weighted by Crippen LogP contribution is 2.28. The van der Waals surface area contributed by atoms with Gasteiger partial charge in [0.1, 0.15) is 0 Å². The largest absolute Gasteiger partial charge is 0.296 e. The summed E-state index contributed by atoms with van der Waals surface area (Å²) >= 11 is 1.79. The predicted octanol–water partition coefficient (Wildman–Crippen LogP) is 2.65. The summed E-state index contributed by atoms with van der Waals surface area (Å²) in [6.07, 6.45) is 5.62. The Bertz CT molecular complexity index is 457. The zero-order valence-corrected chi connectivity index (χ0v) is 8.43. The van der Waals surface area contributed by atoms with Crippen LogP contribution in [0.5, 0.6) is 0 Å². The molecule has 0 bridgehead atoms. The monoisotopic (exact) mass is 190 g/mol. The lowest BCUT2D eigenvalue weighted by Crippen LogP contribution is -1.81. The molecule has 0 saturated heterocycles. The van der Waals surface area contributed by atoms with Crippen LogP contribution in [0.3, 0.4) is 0 Å². The number of hydrogen-bond donors (Lipinski definition) is 0. The van der Waals surface area contributed by atoms with E-state index in [1.807, 2.05) is 24.7 Å². The van der Waals surface area contributed by atoms with Crippen molar-refractivity contribution < 1.29 is 0 Å². The Morgan fingerprint density at radius 1 is 1.54 bits per heavy atom. The van der Waals surface area contributed by atoms with Gasteiger partial charge in [-0.2, -0.15) is 0 Å². The number of fused-ring (bicyclic) bond motifs is 1. The Labute approximate surface area is 81.0 Å². The third-order valence-electron chi connectivity index (χ3n) is 1.97. The summed E-state index contributed by atoms with van der Waals surface area (Å²) in [5.74, 6) is 0. The first-order valence-corrected chi connectivity index (χ1v) is 4.90. The van der Waals surface area contributed by atoms with Crippen LogP contribution in [-0.4, -0.2) is 18.2 Å². The SMILES string of the molecule is CN=Cc1c(C)sc2ccncc12. The standard InChI is InChI=1S/C10H10N2S/c1-7-8(5-11-2)9-6-12-4-3-10(9)13-7/h3-6H,1-2H3. The average molecular weight is 190 g/mol. The fourth-order valence-corrected chi connectivity index (χ4v) is 2.38. The molecule has 2 heterocycles. The minimum Gasteiger partial charge on any atom is -0.296 e. The molecule has 3 heteroatoms. The summed E-state index contributed by atoms with van der Waals surface area (Å²) in [5.41, 5.74) is 1.20. The maximum Gasteiger partial charge on any atom is 0.0383 e. The summed E-state index contributed by atoms with van der Waals surface area (Å²) in [6.45, 7) is 2.11. The highest BCUT2D eigenvalue weighted by Gasteiger charge is 2.05. The number of aliphatic imine (C=N–C) groups is 1. The van der Waals surface area contributed by atoms with Gasteiger partial charge in [0.25, 0.3) is 0 Å². The van der Waals surface area contributed by atoms with Crippen molar-refractivity contribution in [1.29, 1.82) is 0 Å². The van der Waals surface area contributed by atoms with Crippen molar-refractivity contribution in [1.82, 2.24) is 4.98 Å². The van der Waals surface area contributed by atoms with Crippen molar-refractivity contribution in [2.45, 2.75) is 6.92 Å². The minimum atomic E-state index is 1.20. The second-order valence-corrected chi connectivity index (χ2v) is 4.09. The molecule has 0 N–H and O–H groups in total. The molecule has 13 heavy (non-hydrogen) atoms. The van der Waals surface area contributed by atoms with Gasteiger partial charge in [-0.15, -0.1) is 11.3 Å². The van der Waals surface area contributed by atoms with Crippen LogP contribution in [0, 0.1) is 6.92 Å². The molecular formula is C10H10N2S. The van der Waals surface area contributed by atoms with Crippen molar-refractivity contribution >= 4 is 27.6 Å². The van der Waals surface area contributed by atoms with Crippen LogP contribution in [-0.2, 0) is 0 Å². The van der Waals surface area contributed by atoms with E-state index in [4.69, 9.17) is 0 Å². The van der Waals surface area contributed by atoms with Crippen LogP contribution in [0.25, 0.3) is 10.1 Å². The van der Waals surface area contributed by atoms with Gasteiger partial charge in [0.05, 0.1) is 0 Å². The lowest BCUT2D eigenvalue weighted by atomic mass is 10.2. The van der Waals surface area contributed by atoms with E-state index in [9.17, 15) is 0 Å². The van der Waals surface area contributed by atoms with E-state index in [2.05, 4.69) is 16.9 Å². The molecule has 0 spiro atoms. The fourth-order valence-electron chi connectivity index (χ4n) is 1.37. The Morgan fingerprint density at radius 2 is 2.38 bits per heavy atom. The first-order chi connectivity index (χ1) is 6.33. The van der Waals surface area contributed by atoms with E-state index in [0.717, 1.165) is 0 Å². The minimum absolute atomic E-state index is 1.20. The molecule has 2 aromatic rings. The van der Waals surface area contributed by atoms with Crippen LogP contribution in [0.2, 0.25) is 0 Å². The van der Waals surface area contributed by atoms with Gasteiger partial charge < -0.3 is 0 Å². The van der Waals surface area contributed by atoms with E-state index in [-0.39, 0.29) is 0 Å². The summed E-state index contributed by atoms with van der Waals surface area (Å²) in [7, 11) is 1.79. The lowest BCUT2D eigenvalue weighted by Gasteiger charge is -1.90. The molecule has 0 atom stereocenters. The van der Waals surface area contributed by atoms with E-state index in [1.54, 1.807) is 18.4 Å². The zero-order valence-electron chi connectivity index (χ0n) is 7.61. The molecule has 2 nitrogen and oxygen atoms in total. The third kappa shape index (κ3) is 1.35. The molecule has 0 fully saturated rings. The maximum absolute atomic E-state index is 4.11. The second kappa shape index (κ2) is 3.26. The molecule has 0 aliphatic carbocycles. The van der Waals surface area contributed by atoms with Crippen molar-refractivity contribution in [2.24, 2.45) is 4.99 Å². The molecule has 66 valence electrons. The number of rotatable bonds is 1. The number of aromatic nitrogens is 1. The Morgan fingerprint density at radius 3 is 3.15 bits per heavy atom. The Hall–Kier alpha value is -1.22. The number of nitrogens with zero attached hydrogens (tertiary/aromatic N) is 2. The molecule has 0 aromatic carbocycles. The van der Waals surface area contributed by atoms with Crippen molar-refractivity contribution in [3.8, 4) is 0 Å². The van der Waals surface area contributed by atoms with Gasteiger partial charge in [-0.25, -0.2) is 0 Å². The first-order valence-electron chi connectivity index (χ1n) is 4.08. The molecule has 2 aromatic heterocycles. The molecule has 2 rings (SSSR count). The van der Waals surface area contributed by atoms with Gasteiger partial charge >= 0.3 is 0 Å². The van der Waals surface area contributed by atoms with Gasteiger partial charge in [-0.05, 0) is 13.0 Å². The van der Waals surface area contributed by atoms with Crippen LogP contribution in [0.4, 0.5) is 0 Å². The number of thiophene rings is 1. The van der Waals surface area contributed by atoms with E-state index in [1.165, 1.54) is 20.5 Å². The molecule has 0 saturated carbocycles. The lowest BCUT2D eigenvalue weighted by molar-refractivity contribution is 1.37. The Balaban J connectivity index is 2.78. The van der Waals surface area contributed by atoms with Crippen LogP contribution in [0.15, 0.2) is 23.5 Å². The van der Waals surface area contributed by atoms with Crippen molar-refractivity contribution in [2.75, 3.05) is 7.05 Å². The van der Waals surface area contributed by atoms with Crippen molar-refractivity contribution in [3.63, 3.8) is 0 Å². The van der Waals surface area contributed by atoms with Crippen LogP contribution < -0.4 is 0 Å². The molecule has 0 aliphatic heterocycles. The summed E-state index contributed by atoms with van der Waals surface area (Å²) < 4.78 is 1.28. The molecule has 0 radical (unpaired) electrons. The van der Waals surface area contributed by atoms with E-state index < -0.39 is 0 Å². The number of pyridine rings is 1. The second-order valence-electron chi connectivity index (χ2n) is 2.83. The molecule has 0 amide bonds. The zero-order chi connectivity index (χ0) is 9.26. The number of hydrogen-bond acceptors (Lipinski definition) is 3. The normalized spacial score (nSPS) is 11.5. The smallest absolute Gasteiger partial charge is 0.0383 e. The van der Waals surface area contributed by atoms with Gasteiger partial charge in [0.15, 0.2) is 0 Å².